The zero-order chi connectivity index (χ0) is 20.9. The van der Waals surface area contributed by atoms with Crippen LogP contribution < -0.4 is 0 Å². The third-order valence-electron chi connectivity index (χ3n) is 4.83. The van der Waals surface area contributed by atoms with Gasteiger partial charge in [0, 0.05) is 21.2 Å². The van der Waals surface area contributed by atoms with Crippen molar-refractivity contribution < 1.29 is 0 Å². The standard InChI is InChI=1S/C27H21BrN2/c1-3-4-14-24(19(2)28)26-18-25(29-27(30-26)21-11-6-5-7-12-21)23-16-15-20-10-8-9-13-22(20)17-23/h3-18H,2H2,1H3/b4-3-,24-14+. The summed E-state index contributed by atoms with van der Waals surface area (Å²) in [6, 6.07) is 26.9. The van der Waals surface area contributed by atoms with E-state index in [1.807, 2.05) is 61.5 Å². The molecule has 0 atom stereocenters. The molecule has 0 aliphatic rings. The molecule has 0 radical (unpaired) electrons. The molecule has 1 heterocycles. The average Bonchev–Trinajstić information content (AvgIpc) is 2.79. The largest absolute Gasteiger partial charge is 0.228 e. The molecule has 0 aliphatic carbocycles. The molecule has 30 heavy (non-hydrogen) atoms. The predicted octanol–water partition coefficient (Wildman–Crippen LogP) is 7.83. The molecule has 2 nitrogen and oxygen atoms in total. The molecule has 0 unspecified atom stereocenters. The normalized spacial score (nSPS) is 11.9. The fourth-order valence-corrected chi connectivity index (χ4v) is 3.64. The summed E-state index contributed by atoms with van der Waals surface area (Å²) < 4.78 is 0.780. The smallest absolute Gasteiger partial charge is 0.160 e. The number of nitrogens with zero attached hydrogens (tertiary/aromatic N) is 2. The number of allylic oxidation sites excluding steroid dienone is 5. The van der Waals surface area contributed by atoms with E-state index in [1.165, 1.54) is 10.8 Å². The summed E-state index contributed by atoms with van der Waals surface area (Å²) in [6.45, 7) is 6.07. The maximum Gasteiger partial charge on any atom is 0.160 e. The molecule has 4 rings (SSSR count). The van der Waals surface area contributed by atoms with E-state index in [1.54, 1.807) is 0 Å². The van der Waals surface area contributed by atoms with Crippen molar-refractivity contribution >= 4 is 32.3 Å². The highest BCUT2D eigenvalue weighted by molar-refractivity contribution is 9.12. The lowest BCUT2D eigenvalue weighted by atomic mass is 10.0. The monoisotopic (exact) mass is 452 g/mol. The van der Waals surface area contributed by atoms with Gasteiger partial charge in [-0.05, 0) is 29.8 Å². The fourth-order valence-electron chi connectivity index (χ4n) is 3.31. The molecule has 4 aromatic rings. The van der Waals surface area contributed by atoms with Gasteiger partial charge in [-0.2, -0.15) is 0 Å². The zero-order valence-corrected chi connectivity index (χ0v) is 18.3. The Balaban J connectivity index is 1.94. The van der Waals surface area contributed by atoms with Crippen LogP contribution in [-0.4, -0.2) is 9.97 Å². The lowest BCUT2D eigenvalue weighted by Gasteiger charge is -2.11. The van der Waals surface area contributed by atoms with E-state index in [0.717, 1.165) is 32.6 Å². The third kappa shape index (κ3) is 4.32. The lowest BCUT2D eigenvalue weighted by molar-refractivity contribution is 1.16. The number of hydrogen-bond acceptors (Lipinski definition) is 2. The van der Waals surface area contributed by atoms with Crippen molar-refractivity contribution in [2.45, 2.75) is 6.92 Å². The van der Waals surface area contributed by atoms with E-state index in [-0.39, 0.29) is 0 Å². The number of aromatic nitrogens is 2. The highest BCUT2D eigenvalue weighted by Crippen LogP contribution is 2.31. The van der Waals surface area contributed by atoms with Crippen molar-refractivity contribution in [2.24, 2.45) is 0 Å². The van der Waals surface area contributed by atoms with Gasteiger partial charge < -0.3 is 0 Å². The summed E-state index contributed by atoms with van der Waals surface area (Å²) in [6.07, 6.45) is 5.99. The predicted molar refractivity (Wildman–Crippen MR) is 131 cm³/mol. The van der Waals surface area contributed by atoms with Crippen LogP contribution in [0.15, 0.2) is 108 Å². The quantitative estimate of drug-likeness (QED) is 0.288. The van der Waals surface area contributed by atoms with Gasteiger partial charge in [-0.15, -0.1) is 0 Å². The topological polar surface area (TPSA) is 25.8 Å². The fraction of sp³-hybridized carbons (Fsp3) is 0.0370. The van der Waals surface area contributed by atoms with Gasteiger partial charge in [0.25, 0.3) is 0 Å². The van der Waals surface area contributed by atoms with E-state index >= 15 is 0 Å². The molecular weight excluding hydrogens is 432 g/mol. The Hall–Kier alpha value is -3.30. The Morgan fingerprint density at radius 1 is 0.833 bits per heavy atom. The Kier molecular flexibility index (Phi) is 6.01. The summed E-state index contributed by atoms with van der Waals surface area (Å²) in [5.41, 5.74) is 4.67. The van der Waals surface area contributed by atoms with Crippen LogP contribution in [0.2, 0.25) is 0 Å². The van der Waals surface area contributed by atoms with Crippen molar-refractivity contribution in [3.05, 3.63) is 114 Å². The number of rotatable bonds is 5. The summed E-state index contributed by atoms with van der Waals surface area (Å²) in [7, 11) is 0. The summed E-state index contributed by atoms with van der Waals surface area (Å²) in [5, 5.41) is 2.40. The van der Waals surface area contributed by atoms with Gasteiger partial charge in [0.2, 0.25) is 0 Å². The highest BCUT2D eigenvalue weighted by Gasteiger charge is 2.13. The molecule has 0 saturated heterocycles. The maximum atomic E-state index is 4.90. The van der Waals surface area contributed by atoms with Crippen LogP contribution in [0.1, 0.15) is 12.6 Å². The van der Waals surface area contributed by atoms with E-state index in [2.05, 4.69) is 65.0 Å². The van der Waals surface area contributed by atoms with Crippen molar-refractivity contribution in [1.82, 2.24) is 9.97 Å². The molecule has 3 heteroatoms. The number of benzene rings is 3. The molecule has 146 valence electrons. The van der Waals surface area contributed by atoms with Crippen molar-refractivity contribution in [1.29, 1.82) is 0 Å². The molecule has 0 bridgehead atoms. The first-order valence-electron chi connectivity index (χ1n) is 9.77. The Bertz CT molecular complexity index is 1270. The Morgan fingerprint density at radius 3 is 2.30 bits per heavy atom. The van der Waals surface area contributed by atoms with E-state index in [4.69, 9.17) is 9.97 Å². The second-order valence-corrected chi connectivity index (χ2v) is 7.86. The van der Waals surface area contributed by atoms with Gasteiger partial charge in [0.1, 0.15) is 0 Å². The van der Waals surface area contributed by atoms with Gasteiger partial charge in [0.05, 0.1) is 11.4 Å². The van der Waals surface area contributed by atoms with Crippen molar-refractivity contribution in [3.63, 3.8) is 0 Å². The Morgan fingerprint density at radius 2 is 1.57 bits per heavy atom. The molecule has 0 spiro atoms. The van der Waals surface area contributed by atoms with E-state index in [9.17, 15) is 0 Å². The zero-order valence-electron chi connectivity index (χ0n) is 16.7. The van der Waals surface area contributed by atoms with Crippen LogP contribution in [0.4, 0.5) is 0 Å². The summed E-state index contributed by atoms with van der Waals surface area (Å²) >= 11 is 3.54. The van der Waals surface area contributed by atoms with E-state index in [0.29, 0.717) is 5.82 Å². The number of hydrogen-bond donors (Lipinski definition) is 0. The maximum absolute atomic E-state index is 4.90. The third-order valence-corrected chi connectivity index (χ3v) is 5.25. The van der Waals surface area contributed by atoms with Gasteiger partial charge in [0.15, 0.2) is 5.82 Å². The second kappa shape index (κ2) is 9.02. The molecular formula is C27H21BrN2. The molecule has 0 aliphatic heterocycles. The van der Waals surface area contributed by atoms with Crippen LogP contribution in [-0.2, 0) is 0 Å². The summed E-state index contributed by atoms with van der Waals surface area (Å²) in [4.78, 5) is 9.76. The Labute approximate surface area is 185 Å². The number of fused-ring (bicyclic) bond motifs is 1. The minimum atomic E-state index is 0.691. The lowest BCUT2D eigenvalue weighted by Crippen LogP contribution is -1.98. The van der Waals surface area contributed by atoms with Gasteiger partial charge >= 0.3 is 0 Å². The van der Waals surface area contributed by atoms with Gasteiger partial charge in [-0.3, -0.25) is 0 Å². The molecule has 1 aromatic heterocycles. The highest BCUT2D eigenvalue weighted by atomic mass is 79.9. The molecule has 0 saturated carbocycles. The first-order valence-corrected chi connectivity index (χ1v) is 10.6. The van der Waals surface area contributed by atoms with Crippen LogP contribution in [0.3, 0.4) is 0 Å². The first-order chi connectivity index (χ1) is 14.7. The van der Waals surface area contributed by atoms with Crippen LogP contribution in [0.5, 0.6) is 0 Å². The van der Waals surface area contributed by atoms with Crippen LogP contribution >= 0.6 is 15.9 Å². The van der Waals surface area contributed by atoms with Gasteiger partial charge in [-0.1, -0.05) is 107 Å². The number of halogens is 1. The summed E-state index contributed by atoms with van der Waals surface area (Å²) in [5.74, 6) is 0.691. The van der Waals surface area contributed by atoms with Crippen molar-refractivity contribution in [3.8, 4) is 22.6 Å². The second-order valence-electron chi connectivity index (χ2n) is 6.90. The minimum absolute atomic E-state index is 0.691. The minimum Gasteiger partial charge on any atom is -0.228 e. The SMILES string of the molecule is C=C(Br)/C(=C\C=C/C)c1cc(-c2ccc3ccccc3c2)nc(-c2ccccc2)n1. The molecule has 0 amide bonds. The molecule has 0 fully saturated rings. The average molecular weight is 453 g/mol. The van der Waals surface area contributed by atoms with Crippen LogP contribution in [0.25, 0.3) is 39.0 Å². The molecule has 0 N–H and O–H groups in total. The first kappa shape index (κ1) is 20.0. The molecule has 3 aromatic carbocycles. The van der Waals surface area contributed by atoms with Crippen molar-refractivity contribution in [2.75, 3.05) is 0 Å². The van der Waals surface area contributed by atoms with Gasteiger partial charge in [-0.25, -0.2) is 9.97 Å². The van der Waals surface area contributed by atoms with E-state index < -0.39 is 0 Å². The van der Waals surface area contributed by atoms with Crippen LogP contribution in [0, 0.1) is 0 Å².